The van der Waals surface area contributed by atoms with E-state index in [1.54, 1.807) is 39.8 Å². The number of phenols is 1. The molecule has 0 fully saturated rings. The summed E-state index contributed by atoms with van der Waals surface area (Å²) in [5.74, 6) is -2.61. The molecule has 2 aromatic carbocycles. The van der Waals surface area contributed by atoms with E-state index in [4.69, 9.17) is 10.5 Å². The smallest absolute Gasteiger partial charge is 0.408 e. The van der Waals surface area contributed by atoms with Crippen LogP contribution in [0.25, 0.3) is 0 Å². The van der Waals surface area contributed by atoms with E-state index in [9.17, 15) is 29.4 Å². The molecule has 11 heteroatoms. The lowest BCUT2D eigenvalue weighted by Gasteiger charge is -2.34. The first kappa shape index (κ1) is 30.1. The fraction of sp³-hybridized carbons (Fsp3) is 0.407. The Balaban J connectivity index is 2.49. The van der Waals surface area contributed by atoms with E-state index >= 15 is 0 Å². The van der Waals surface area contributed by atoms with Gasteiger partial charge in [0.1, 0.15) is 23.4 Å². The number of carbonyl (C=O) groups excluding carboxylic acids is 4. The number of primary amides is 1. The van der Waals surface area contributed by atoms with Crippen molar-refractivity contribution in [3.8, 4) is 5.75 Å². The highest BCUT2D eigenvalue weighted by Gasteiger charge is 2.38. The molecule has 0 aliphatic carbocycles. The van der Waals surface area contributed by atoms with Crippen LogP contribution in [0.1, 0.15) is 49.9 Å². The van der Waals surface area contributed by atoms with Crippen LogP contribution in [0.3, 0.4) is 0 Å². The SMILES string of the molecule is Cc1cccc(C(C(=O)NCc2ccccc2)N(CCO)C(=O)C(CC(N)=O)NC(=O)OC(C)(C)C)c1O. The Hall–Kier alpha value is -4.12. The van der Waals surface area contributed by atoms with Crippen LogP contribution in [0.5, 0.6) is 5.75 Å². The average molecular weight is 529 g/mol. The van der Waals surface area contributed by atoms with E-state index < -0.39 is 54.5 Å². The molecular weight excluding hydrogens is 492 g/mol. The molecule has 2 unspecified atom stereocenters. The third-order valence-electron chi connectivity index (χ3n) is 5.45. The van der Waals surface area contributed by atoms with E-state index in [0.29, 0.717) is 5.56 Å². The van der Waals surface area contributed by atoms with Gasteiger partial charge in [0, 0.05) is 18.7 Å². The van der Waals surface area contributed by atoms with Crippen molar-refractivity contribution in [1.82, 2.24) is 15.5 Å². The van der Waals surface area contributed by atoms with Crippen molar-refractivity contribution >= 4 is 23.8 Å². The molecule has 0 heterocycles. The van der Waals surface area contributed by atoms with Crippen LogP contribution in [0.15, 0.2) is 48.5 Å². The minimum absolute atomic E-state index is 0.104. The van der Waals surface area contributed by atoms with E-state index in [1.165, 1.54) is 6.07 Å². The summed E-state index contributed by atoms with van der Waals surface area (Å²) in [6.45, 7) is 5.76. The Morgan fingerprint density at radius 1 is 1.05 bits per heavy atom. The molecule has 6 N–H and O–H groups in total. The molecule has 0 aromatic heterocycles. The van der Waals surface area contributed by atoms with Gasteiger partial charge in [-0.05, 0) is 38.8 Å². The van der Waals surface area contributed by atoms with Crippen molar-refractivity contribution in [2.75, 3.05) is 13.2 Å². The quantitative estimate of drug-likeness (QED) is 0.295. The molecule has 2 aromatic rings. The number of amides is 4. The summed E-state index contributed by atoms with van der Waals surface area (Å²) in [6.07, 6.45) is -1.55. The van der Waals surface area contributed by atoms with Gasteiger partial charge < -0.3 is 36.2 Å². The number of nitrogens with zero attached hydrogens (tertiary/aromatic N) is 1. The number of hydrogen-bond acceptors (Lipinski definition) is 7. The number of para-hydroxylation sites is 1. The maximum Gasteiger partial charge on any atom is 0.408 e. The van der Waals surface area contributed by atoms with Gasteiger partial charge in [0.2, 0.25) is 17.7 Å². The van der Waals surface area contributed by atoms with Crippen LogP contribution in [-0.4, -0.2) is 63.7 Å². The number of aliphatic hydroxyl groups is 1. The average Bonchev–Trinajstić information content (AvgIpc) is 2.83. The minimum Gasteiger partial charge on any atom is -0.507 e. The summed E-state index contributed by atoms with van der Waals surface area (Å²) >= 11 is 0. The Labute approximate surface area is 222 Å². The predicted molar refractivity (Wildman–Crippen MR) is 140 cm³/mol. The maximum atomic E-state index is 13.7. The van der Waals surface area contributed by atoms with Gasteiger partial charge in [0.15, 0.2) is 0 Å². The number of alkyl carbamates (subject to hydrolysis) is 1. The van der Waals surface area contributed by atoms with Crippen LogP contribution in [0.4, 0.5) is 4.79 Å². The second kappa shape index (κ2) is 13.4. The number of ether oxygens (including phenoxy) is 1. The number of nitrogens with one attached hydrogen (secondary N) is 2. The first-order valence-electron chi connectivity index (χ1n) is 12.1. The van der Waals surface area contributed by atoms with Crippen LogP contribution in [-0.2, 0) is 25.7 Å². The van der Waals surface area contributed by atoms with Crippen LogP contribution in [0, 0.1) is 6.92 Å². The molecule has 2 atom stereocenters. The van der Waals surface area contributed by atoms with Gasteiger partial charge >= 0.3 is 6.09 Å². The van der Waals surface area contributed by atoms with Gasteiger partial charge in [0.25, 0.3) is 0 Å². The van der Waals surface area contributed by atoms with Gasteiger partial charge in [-0.3, -0.25) is 14.4 Å². The highest BCUT2D eigenvalue weighted by molar-refractivity contribution is 5.94. The van der Waals surface area contributed by atoms with Crippen molar-refractivity contribution in [3.05, 3.63) is 65.2 Å². The van der Waals surface area contributed by atoms with Crippen molar-refractivity contribution in [3.63, 3.8) is 0 Å². The summed E-state index contributed by atoms with van der Waals surface area (Å²) in [7, 11) is 0. The zero-order chi connectivity index (χ0) is 28.5. The summed E-state index contributed by atoms with van der Waals surface area (Å²) < 4.78 is 5.21. The topological polar surface area (TPSA) is 171 Å². The van der Waals surface area contributed by atoms with Gasteiger partial charge in [-0.25, -0.2) is 4.79 Å². The monoisotopic (exact) mass is 528 g/mol. The van der Waals surface area contributed by atoms with Crippen LogP contribution >= 0.6 is 0 Å². The normalized spacial score (nSPS) is 12.7. The Morgan fingerprint density at radius 2 is 1.71 bits per heavy atom. The molecule has 38 heavy (non-hydrogen) atoms. The van der Waals surface area contributed by atoms with Crippen LogP contribution < -0.4 is 16.4 Å². The van der Waals surface area contributed by atoms with E-state index in [2.05, 4.69) is 10.6 Å². The highest BCUT2D eigenvalue weighted by Crippen LogP contribution is 2.32. The third-order valence-corrected chi connectivity index (χ3v) is 5.45. The molecule has 206 valence electrons. The number of phenolic OH excluding ortho intramolecular Hbond substituents is 1. The van der Waals surface area contributed by atoms with E-state index in [-0.39, 0.29) is 24.4 Å². The number of aryl methyl sites for hydroxylation is 1. The summed E-state index contributed by atoms with van der Waals surface area (Å²) in [5.41, 5.74) is 5.81. The molecule has 0 saturated carbocycles. The molecule has 2 rings (SSSR count). The van der Waals surface area contributed by atoms with Crippen molar-refractivity contribution < 1.29 is 34.1 Å². The fourth-order valence-corrected chi connectivity index (χ4v) is 3.76. The number of aliphatic hydroxyl groups excluding tert-OH is 1. The number of hydrogen-bond donors (Lipinski definition) is 5. The lowest BCUT2D eigenvalue weighted by molar-refractivity contribution is -0.144. The Bertz CT molecular complexity index is 1130. The fourth-order valence-electron chi connectivity index (χ4n) is 3.76. The molecule has 0 aliphatic heterocycles. The predicted octanol–water partition coefficient (Wildman–Crippen LogP) is 1.65. The molecule has 0 aliphatic rings. The first-order valence-corrected chi connectivity index (χ1v) is 12.1. The zero-order valence-corrected chi connectivity index (χ0v) is 22.1. The molecule has 0 bridgehead atoms. The summed E-state index contributed by atoms with van der Waals surface area (Å²) in [5, 5.41) is 25.7. The number of rotatable bonds is 11. The number of nitrogens with two attached hydrogens (primary N) is 1. The minimum atomic E-state index is -1.50. The number of aromatic hydroxyl groups is 1. The number of benzene rings is 2. The van der Waals surface area contributed by atoms with Gasteiger partial charge in [-0.1, -0.05) is 48.5 Å². The molecule has 0 spiro atoms. The van der Waals surface area contributed by atoms with Crippen LogP contribution in [0.2, 0.25) is 0 Å². The van der Waals surface area contributed by atoms with Gasteiger partial charge in [-0.15, -0.1) is 0 Å². The van der Waals surface area contributed by atoms with Crippen molar-refractivity contribution in [1.29, 1.82) is 0 Å². The van der Waals surface area contributed by atoms with Gasteiger partial charge in [-0.2, -0.15) is 0 Å². The lowest BCUT2D eigenvalue weighted by Crippen LogP contribution is -2.54. The van der Waals surface area contributed by atoms with Gasteiger partial charge in [0.05, 0.1) is 13.0 Å². The Morgan fingerprint density at radius 3 is 2.29 bits per heavy atom. The highest BCUT2D eigenvalue weighted by atomic mass is 16.6. The molecular formula is C27H36N4O7. The zero-order valence-electron chi connectivity index (χ0n) is 22.1. The number of carbonyl (C=O) groups is 4. The molecule has 0 saturated heterocycles. The van der Waals surface area contributed by atoms with Crippen molar-refractivity contribution in [2.45, 2.75) is 58.3 Å². The summed E-state index contributed by atoms with van der Waals surface area (Å²) in [4.78, 5) is 52.5. The second-order valence-corrected chi connectivity index (χ2v) is 9.74. The van der Waals surface area contributed by atoms with E-state index in [0.717, 1.165) is 10.5 Å². The second-order valence-electron chi connectivity index (χ2n) is 9.74. The third kappa shape index (κ3) is 8.77. The summed E-state index contributed by atoms with van der Waals surface area (Å²) in [6, 6.07) is 10.9. The largest absolute Gasteiger partial charge is 0.507 e. The maximum absolute atomic E-state index is 13.7. The van der Waals surface area contributed by atoms with E-state index in [1.807, 2.05) is 30.3 Å². The Kier molecular flexibility index (Phi) is 10.6. The lowest BCUT2D eigenvalue weighted by atomic mass is 9.98. The standard InChI is InChI=1S/C27H36N4O7/c1-17-9-8-12-19(23(17)34)22(24(35)29-16-18-10-6-5-7-11-18)31(13-14-32)25(36)20(15-21(28)33)30-26(37)38-27(2,3)4/h5-12,20,22,32,34H,13-16H2,1-4H3,(H2,28,33)(H,29,35)(H,30,37). The van der Waals surface area contributed by atoms with Crippen molar-refractivity contribution in [2.24, 2.45) is 5.73 Å². The molecule has 0 radical (unpaired) electrons. The first-order chi connectivity index (χ1) is 17.8. The molecule has 11 nitrogen and oxygen atoms in total. The molecule has 4 amide bonds.